The van der Waals surface area contributed by atoms with Gasteiger partial charge in [0, 0.05) is 34.2 Å². The van der Waals surface area contributed by atoms with Gasteiger partial charge in [0.2, 0.25) is 0 Å². The first kappa shape index (κ1) is 12.3. The van der Waals surface area contributed by atoms with Crippen molar-refractivity contribution >= 4 is 26.8 Å². The molecule has 19 heavy (non-hydrogen) atoms. The Labute approximate surface area is 120 Å². The number of halogens is 1. The molecule has 0 radical (unpaired) electrons. The highest BCUT2D eigenvalue weighted by Crippen LogP contribution is 2.29. The van der Waals surface area contributed by atoms with Crippen LogP contribution in [0.4, 0.5) is 0 Å². The summed E-state index contributed by atoms with van der Waals surface area (Å²) in [5.41, 5.74) is 2.40. The number of nitrogens with zero attached hydrogens (tertiary/aromatic N) is 1. The number of aryl methyl sites for hydroxylation is 1. The van der Waals surface area contributed by atoms with Crippen LogP contribution in [0.25, 0.3) is 10.9 Å². The largest absolute Gasteiger partial charge is 0.489 e. The van der Waals surface area contributed by atoms with Gasteiger partial charge in [0.25, 0.3) is 0 Å². The van der Waals surface area contributed by atoms with Crippen molar-refractivity contribution in [3.05, 3.63) is 64.8 Å². The van der Waals surface area contributed by atoms with Crippen LogP contribution in [0.2, 0.25) is 0 Å². The van der Waals surface area contributed by atoms with Crippen molar-refractivity contribution in [1.29, 1.82) is 0 Å². The van der Waals surface area contributed by atoms with Crippen LogP contribution in [0.1, 0.15) is 5.56 Å². The smallest absolute Gasteiger partial charge is 0.119 e. The van der Waals surface area contributed by atoms with E-state index in [9.17, 15) is 0 Å². The lowest BCUT2D eigenvalue weighted by molar-refractivity contribution is 0.307. The van der Waals surface area contributed by atoms with Crippen molar-refractivity contribution in [3.8, 4) is 5.75 Å². The Bertz CT molecular complexity index is 703. The van der Waals surface area contributed by atoms with E-state index in [-0.39, 0.29) is 0 Å². The molecular weight excluding hydrogens is 302 g/mol. The summed E-state index contributed by atoms with van der Waals surface area (Å²) in [6.45, 7) is 0.573. The van der Waals surface area contributed by atoms with Crippen LogP contribution in [0, 0.1) is 0 Å². The van der Waals surface area contributed by atoms with E-state index >= 15 is 0 Å². The van der Waals surface area contributed by atoms with Gasteiger partial charge >= 0.3 is 0 Å². The molecule has 0 amide bonds. The lowest BCUT2D eigenvalue weighted by Crippen LogP contribution is -1.94. The monoisotopic (exact) mass is 315 g/mol. The molecule has 3 heteroatoms. The Kier molecular flexibility index (Phi) is 3.30. The lowest BCUT2D eigenvalue weighted by Gasteiger charge is -2.05. The molecule has 3 rings (SSSR count). The maximum atomic E-state index is 5.83. The Morgan fingerprint density at radius 2 is 1.84 bits per heavy atom. The second-order valence-corrected chi connectivity index (χ2v) is 5.36. The van der Waals surface area contributed by atoms with E-state index in [0.717, 1.165) is 10.2 Å². The molecular formula is C16H14BrNO. The van der Waals surface area contributed by atoms with Crippen LogP contribution >= 0.6 is 15.9 Å². The molecule has 0 N–H and O–H groups in total. The van der Waals surface area contributed by atoms with Gasteiger partial charge in [0.15, 0.2) is 0 Å². The second kappa shape index (κ2) is 5.10. The molecule has 3 aromatic rings. The fourth-order valence-corrected chi connectivity index (χ4v) is 2.89. The minimum Gasteiger partial charge on any atom is -0.489 e. The zero-order valence-electron chi connectivity index (χ0n) is 10.6. The Hall–Kier alpha value is -1.74. The second-order valence-electron chi connectivity index (χ2n) is 4.50. The van der Waals surface area contributed by atoms with Crippen molar-refractivity contribution in [1.82, 2.24) is 4.57 Å². The van der Waals surface area contributed by atoms with E-state index in [1.807, 2.05) is 36.4 Å². The van der Waals surface area contributed by atoms with E-state index in [2.05, 4.69) is 45.9 Å². The van der Waals surface area contributed by atoms with Crippen LogP contribution < -0.4 is 4.74 Å². The molecule has 1 aromatic heterocycles. The highest BCUT2D eigenvalue weighted by atomic mass is 79.9. The van der Waals surface area contributed by atoms with E-state index in [1.165, 1.54) is 16.5 Å². The third-order valence-electron chi connectivity index (χ3n) is 3.18. The van der Waals surface area contributed by atoms with Crippen molar-refractivity contribution < 1.29 is 4.74 Å². The van der Waals surface area contributed by atoms with Gasteiger partial charge in [-0.15, -0.1) is 0 Å². The lowest BCUT2D eigenvalue weighted by atomic mass is 10.2. The SMILES string of the molecule is Cn1cc(COc2ccccc2)c2c(Br)cccc21. The minimum atomic E-state index is 0.573. The Morgan fingerprint density at radius 3 is 2.63 bits per heavy atom. The number of benzene rings is 2. The highest BCUT2D eigenvalue weighted by molar-refractivity contribution is 9.10. The first-order valence-electron chi connectivity index (χ1n) is 6.16. The fraction of sp³-hybridized carbons (Fsp3) is 0.125. The molecule has 0 spiro atoms. The van der Waals surface area contributed by atoms with Gasteiger partial charge in [-0.1, -0.05) is 40.2 Å². The number of aromatic nitrogens is 1. The summed E-state index contributed by atoms with van der Waals surface area (Å²) in [4.78, 5) is 0. The zero-order valence-corrected chi connectivity index (χ0v) is 12.2. The van der Waals surface area contributed by atoms with E-state index < -0.39 is 0 Å². The molecule has 96 valence electrons. The van der Waals surface area contributed by atoms with Crippen LogP contribution in [0.3, 0.4) is 0 Å². The molecule has 0 fully saturated rings. The third kappa shape index (κ3) is 2.38. The zero-order chi connectivity index (χ0) is 13.2. The normalized spacial score (nSPS) is 10.8. The number of hydrogen-bond acceptors (Lipinski definition) is 1. The van der Waals surface area contributed by atoms with Gasteiger partial charge in [-0.3, -0.25) is 0 Å². The summed E-state index contributed by atoms with van der Waals surface area (Å²) >= 11 is 3.62. The maximum absolute atomic E-state index is 5.83. The van der Waals surface area contributed by atoms with E-state index in [4.69, 9.17) is 4.74 Å². The van der Waals surface area contributed by atoms with Gasteiger partial charge in [0.05, 0.1) is 0 Å². The molecule has 2 nitrogen and oxygen atoms in total. The highest BCUT2D eigenvalue weighted by Gasteiger charge is 2.09. The quantitative estimate of drug-likeness (QED) is 0.693. The number of fused-ring (bicyclic) bond motifs is 1. The molecule has 0 bridgehead atoms. The van der Waals surface area contributed by atoms with Gasteiger partial charge in [-0.05, 0) is 24.3 Å². The molecule has 0 atom stereocenters. The Balaban J connectivity index is 1.93. The Morgan fingerprint density at radius 1 is 1.05 bits per heavy atom. The number of para-hydroxylation sites is 1. The maximum Gasteiger partial charge on any atom is 0.119 e. The third-order valence-corrected chi connectivity index (χ3v) is 3.84. The van der Waals surface area contributed by atoms with Gasteiger partial charge in [0.1, 0.15) is 12.4 Å². The topological polar surface area (TPSA) is 14.2 Å². The summed E-state index contributed by atoms with van der Waals surface area (Å²) in [6.07, 6.45) is 2.12. The standard InChI is InChI=1S/C16H14BrNO/c1-18-10-12(11-19-13-6-3-2-4-7-13)16-14(17)8-5-9-15(16)18/h2-10H,11H2,1H3. The summed E-state index contributed by atoms with van der Waals surface area (Å²) in [5, 5.41) is 1.22. The van der Waals surface area contributed by atoms with Crippen molar-refractivity contribution in [2.45, 2.75) is 6.61 Å². The van der Waals surface area contributed by atoms with E-state index in [0.29, 0.717) is 6.61 Å². The summed E-state index contributed by atoms with van der Waals surface area (Å²) in [5.74, 6) is 0.895. The van der Waals surface area contributed by atoms with E-state index in [1.54, 1.807) is 0 Å². The molecule has 1 heterocycles. The first-order valence-corrected chi connectivity index (χ1v) is 6.95. The predicted molar refractivity (Wildman–Crippen MR) is 81.4 cm³/mol. The average Bonchev–Trinajstić information content (AvgIpc) is 2.76. The predicted octanol–water partition coefficient (Wildman–Crippen LogP) is 4.52. The number of rotatable bonds is 3. The molecule has 2 aromatic carbocycles. The average molecular weight is 316 g/mol. The van der Waals surface area contributed by atoms with Crippen LogP contribution in [-0.4, -0.2) is 4.57 Å². The number of ether oxygens (including phenoxy) is 1. The minimum absolute atomic E-state index is 0.573. The van der Waals surface area contributed by atoms with Crippen LogP contribution in [0.15, 0.2) is 59.2 Å². The molecule has 0 saturated heterocycles. The van der Waals surface area contributed by atoms with Crippen molar-refractivity contribution in [3.63, 3.8) is 0 Å². The summed E-state index contributed by atoms with van der Waals surface area (Å²) < 4.78 is 9.07. The van der Waals surface area contributed by atoms with Crippen molar-refractivity contribution in [2.75, 3.05) is 0 Å². The van der Waals surface area contributed by atoms with Gasteiger partial charge in [-0.25, -0.2) is 0 Å². The van der Waals surface area contributed by atoms with Crippen LogP contribution in [0.5, 0.6) is 5.75 Å². The molecule has 0 aliphatic carbocycles. The molecule has 0 unspecified atom stereocenters. The molecule has 0 aliphatic heterocycles. The van der Waals surface area contributed by atoms with Gasteiger partial charge < -0.3 is 9.30 Å². The summed E-state index contributed by atoms with van der Waals surface area (Å²) in [7, 11) is 2.06. The molecule has 0 aliphatic rings. The number of hydrogen-bond donors (Lipinski definition) is 0. The van der Waals surface area contributed by atoms with Crippen molar-refractivity contribution in [2.24, 2.45) is 7.05 Å². The summed E-state index contributed by atoms with van der Waals surface area (Å²) in [6, 6.07) is 16.1. The fourth-order valence-electron chi connectivity index (χ4n) is 2.28. The van der Waals surface area contributed by atoms with Crippen LogP contribution in [-0.2, 0) is 13.7 Å². The van der Waals surface area contributed by atoms with Gasteiger partial charge in [-0.2, -0.15) is 0 Å². The first-order chi connectivity index (χ1) is 9.25. The molecule has 0 saturated carbocycles.